The Morgan fingerprint density at radius 2 is 1.82 bits per heavy atom. The molecule has 118 valence electrons. The van der Waals surface area contributed by atoms with Crippen LogP contribution in [0.5, 0.6) is 0 Å². The van der Waals surface area contributed by atoms with Gasteiger partial charge in [-0.05, 0) is 24.5 Å². The Morgan fingerprint density at radius 1 is 1.14 bits per heavy atom. The lowest BCUT2D eigenvalue weighted by Crippen LogP contribution is -2.11. The van der Waals surface area contributed by atoms with Crippen molar-refractivity contribution in [1.29, 1.82) is 0 Å². The van der Waals surface area contributed by atoms with Crippen LogP contribution in [0.25, 0.3) is 0 Å². The summed E-state index contributed by atoms with van der Waals surface area (Å²) < 4.78 is 0. The Kier molecular flexibility index (Phi) is 5.72. The van der Waals surface area contributed by atoms with E-state index in [2.05, 4.69) is 22.2 Å². The highest BCUT2D eigenvalue weighted by molar-refractivity contribution is 5.51. The predicted molar refractivity (Wildman–Crippen MR) is 89.7 cm³/mol. The second kappa shape index (κ2) is 7.75. The molecular weight excluding hydrogens is 276 g/mol. The van der Waals surface area contributed by atoms with Crippen LogP contribution in [0.1, 0.15) is 42.1 Å². The minimum atomic E-state index is 0.0636. The molecule has 0 fully saturated rings. The first kappa shape index (κ1) is 16.2. The average Bonchev–Trinajstić information content (AvgIpc) is 2.51. The van der Waals surface area contributed by atoms with Gasteiger partial charge in [0.25, 0.3) is 0 Å². The molecule has 0 radical (unpaired) electrons. The Bertz CT molecular complexity index is 611. The normalized spacial score (nSPS) is 10.7. The highest BCUT2D eigenvalue weighted by Crippen LogP contribution is 2.21. The average molecular weight is 300 g/mol. The molecule has 0 atom stereocenters. The van der Waals surface area contributed by atoms with Crippen molar-refractivity contribution < 1.29 is 5.11 Å². The summed E-state index contributed by atoms with van der Waals surface area (Å²) in [6.07, 6.45) is 2.96. The number of hydrogen-bond donors (Lipinski definition) is 3. The number of anilines is 2. The number of unbranched alkanes of at least 4 members (excludes halogenated alkanes) is 1. The molecule has 0 saturated carbocycles. The molecule has 0 unspecified atom stereocenters. The number of nitrogen functional groups attached to an aromatic ring is 1. The first-order valence-electron chi connectivity index (χ1n) is 7.69. The van der Waals surface area contributed by atoms with E-state index >= 15 is 0 Å². The van der Waals surface area contributed by atoms with E-state index in [0.29, 0.717) is 5.95 Å². The molecule has 22 heavy (non-hydrogen) atoms. The van der Waals surface area contributed by atoms with Crippen molar-refractivity contribution in [3.8, 4) is 0 Å². The van der Waals surface area contributed by atoms with Crippen molar-refractivity contribution in [2.45, 2.75) is 39.7 Å². The molecule has 0 amide bonds. The standard InChI is InChI=1S/C17H24N4O/c1-3-4-9-19-16-15(12(2)20-17(18)21-16)10-13-5-7-14(11-22)8-6-13/h5-8,22H,3-4,9-11H2,1-2H3,(H3,18,19,20,21). The first-order valence-corrected chi connectivity index (χ1v) is 7.69. The van der Waals surface area contributed by atoms with Crippen LogP contribution in [0.3, 0.4) is 0 Å². The summed E-state index contributed by atoms with van der Waals surface area (Å²) in [5, 5.41) is 12.5. The molecule has 0 saturated heterocycles. The van der Waals surface area contributed by atoms with Crippen molar-refractivity contribution in [2.24, 2.45) is 0 Å². The fraction of sp³-hybridized carbons (Fsp3) is 0.412. The lowest BCUT2D eigenvalue weighted by atomic mass is 10.0. The Morgan fingerprint density at radius 3 is 2.45 bits per heavy atom. The van der Waals surface area contributed by atoms with E-state index in [1.807, 2.05) is 31.2 Å². The zero-order chi connectivity index (χ0) is 15.9. The van der Waals surface area contributed by atoms with Gasteiger partial charge in [-0.1, -0.05) is 37.6 Å². The number of aromatic nitrogens is 2. The molecule has 0 bridgehead atoms. The zero-order valence-electron chi connectivity index (χ0n) is 13.3. The van der Waals surface area contributed by atoms with E-state index in [9.17, 15) is 0 Å². The molecule has 1 heterocycles. The van der Waals surface area contributed by atoms with E-state index in [1.165, 1.54) is 0 Å². The first-order chi connectivity index (χ1) is 10.6. The van der Waals surface area contributed by atoms with Crippen LogP contribution in [0.15, 0.2) is 24.3 Å². The molecule has 0 aliphatic rings. The zero-order valence-corrected chi connectivity index (χ0v) is 13.3. The number of aliphatic hydroxyl groups excluding tert-OH is 1. The topological polar surface area (TPSA) is 84.1 Å². The number of nitrogens with two attached hydrogens (primary N) is 1. The third kappa shape index (κ3) is 4.18. The van der Waals surface area contributed by atoms with Crippen LogP contribution in [0.2, 0.25) is 0 Å². The third-order valence-electron chi connectivity index (χ3n) is 3.64. The number of nitrogens with zero attached hydrogens (tertiary/aromatic N) is 2. The molecule has 0 spiro atoms. The van der Waals surface area contributed by atoms with Crippen LogP contribution >= 0.6 is 0 Å². The van der Waals surface area contributed by atoms with E-state index in [0.717, 1.165) is 54.0 Å². The summed E-state index contributed by atoms with van der Waals surface area (Å²) in [5.74, 6) is 1.13. The van der Waals surface area contributed by atoms with Gasteiger partial charge in [-0.15, -0.1) is 0 Å². The van der Waals surface area contributed by atoms with Crippen LogP contribution < -0.4 is 11.1 Å². The van der Waals surface area contributed by atoms with Gasteiger partial charge in [-0.2, -0.15) is 4.98 Å². The summed E-state index contributed by atoms with van der Waals surface area (Å²) in [7, 11) is 0. The third-order valence-corrected chi connectivity index (χ3v) is 3.64. The number of aliphatic hydroxyl groups is 1. The van der Waals surface area contributed by atoms with Crippen molar-refractivity contribution in [3.05, 3.63) is 46.6 Å². The van der Waals surface area contributed by atoms with Gasteiger partial charge in [0.1, 0.15) is 5.82 Å². The van der Waals surface area contributed by atoms with Crippen LogP contribution in [0, 0.1) is 6.92 Å². The molecule has 2 aromatic rings. The van der Waals surface area contributed by atoms with Crippen molar-refractivity contribution in [3.63, 3.8) is 0 Å². The largest absolute Gasteiger partial charge is 0.392 e. The summed E-state index contributed by atoms with van der Waals surface area (Å²) in [5.41, 5.74) is 9.82. The predicted octanol–water partition coefficient (Wildman–Crippen LogP) is 2.66. The molecule has 5 heteroatoms. The molecule has 1 aromatic heterocycles. The summed E-state index contributed by atoms with van der Waals surface area (Å²) in [4.78, 5) is 8.63. The number of benzene rings is 1. The van der Waals surface area contributed by atoms with Crippen molar-refractivity contribution >= 4 is 11.8 Å². The molecule has 4 N–H and O–H groups in total. The number of hydrogen-bond acceptors (Lipinski definition) is 5. The minimum Gasteiger partial charge on any atom is -0.392 e. The van der Waals surface area contributed by atoms with Gasteiger partial charge >= 0.3 is 0 Å². The molecular formula is C17H24N4O. The molecule has 1 aromatic carbocycles. The maximum absolute atomic E-state index is 9.11. The maximum Gasteiger partial charge on any atom is 0.222 e. The maximum atomic E-state index is 9.11. The molecule has 0 aliphatic carbocycles. The Balaban J connectivity index is 2.23. The van der Waals surface area contributed by atoms with Gasteiger partial charge in [0.15, 0.2) is 0 Å². The number of aryl methyl sites for hydroxylation is 1. The monoisotopic (exact) mass is 300 g/mol. The second-order valence-electron chi connectivity index (χ2n) is 5.43. The van der Waals surface area contributed by atoms with Crippen LogP contribution in [-0.4, -0.2) is 21.6 Å². The molecule has 2 rings (SSSR count). The van der Waals surface area contributed by atoms with Crippen molar-refractivity contribution in [1.82, 2.24) is 9.97 Å². The molecule has 5 nitrogen and oxygen atoms in total. The lowest BCUT2D eigenvalue weighted by molar-refractivity contribution is 0.282. The van der Waals surface area contributed by atoms with Gasteiger partial charge < -0.3 is 16.2 Å². The lowest BCUT2D eigenvalue weighted by Gasteiger charge is -2.14. The van der Waals surface area contributed by atoms with Gasteiger partial charge in [0.05, 0.1) is 6.61 Å². The number of rotatable bonds is 7. The summed E-state index contributed by atoms with van der Waals surface area (Å²) in [6.45, 7) is 5.06. The van der Waals surface area contributed by atoms with E-state index in [1.54, 1.807) is 0 Å². The summed E-state index contributed by atoms with van der Waals surface area (Å²) >= 11 is 0. The summed E-state index contributed by atoms with van der Waals surface area (Å²) in [6, 6.07) is 7.92. The van der Waals surface area contributed by atoms with Crippen LogP contribution in [0.4, 0.5) is 11.8 Å². The minimum absolute atomic E-state index is 0.0636. The van der Waals surface area contributed by atoms with Gasteiger partial charge in [0.2, 0.25) is 5.95 Å². The van der Waals surface area contributed by atoms with E-state index in [-0.39, 0.29) is 6.61 Å². The smallest absolute Gasteiger partial charge is 0.222 e. The highest BCUT2D eigenvalue weighted by atomic mass is 16.3. The fourth-order valence-corrected chi connectivity index (χ4v) is 2.33. The van der Waals surface area contributed by atoms with Gasteiger partial charge in [-0.25, -0.2) is 4.98 Å². The number of nitrogens with one attached hydrogen (secondary N) is 1. The second-order valence-corrected chi connectivity index (χ2v) is 5.43. The Labute approximate surface area is 131 Å². The van der Waals surface area contributed by atoms with Crippen LogP contribution in [-0.2, 0) is 13.0 Å². The SMILES string of the molecule is CCCCNc1nc(N)nc(C)c1Cc1ccc(CO)cc1. The fourth-order valence-electron chi connectivity index (χ4n) is 2.33. The van der Waals surface area contributed by atoms with Crippen molar-refractivity contribution in [2.75, 3.05) is 17.6 Å². The highest BCUT2D eigenvalue weighted by Gasteiger charge is 2.11. The van der Waals surface area contributed by atoms with E-state index in [4.69, 9.17) is 10.8 Å². The Hall–Kier alpha value is -2.14. The quantitative estimate of drug-likeness (QED) is 0.685. The van der Waals surface area contributed by atoms with E-state index < -0.39 is 0 Å². The van der Waals surface area contributed by atoms with Gasteiger partial charge in [-0.3, -0.25) is 0 Å². The molecule has 0 aliphatic heterocycles. The van der Waals surface area contributed by atoms with Gasteiger partial charge in [0, 0.05) is 24.2 Å².